The van der Waals surface area contributed by atoms with Gasteiger partial charge >= 0.3 is 0 Å². The predicted octanol–water partition coefficient (Wildman–Crippen LogP) is 5.40. The van der Waals surface area contributed by atoms with E-state index in [1.165, 1.54) is 40.8 Å². The first-order chi connectivity index (χ1) is 11.5. The fourth-order valence-electron chi connectivity index (χ4n) is 4.97. The number of fused-ring (bicyclic) bond motifs is 3. The normalized spacial score (nSPS) is 23.5. The van der Waals surface area contributed by atoms with Gasteiger partial charge in [0.2, 0.25) is 0 Å². The largest absolute Gasteiger partial charge is 0.0665 e. The number of rotatable bonds is 0. The van der Waals surface area contributed by atoms with Gasteiger partial charge in [-0.3, -0.25) is 0 Å². The van der Waals surface area contributed by atoms with Gasteiger partial charge in [-0.1, -0.05) is 78.8 Å². The Bertz CT molecular complexity index is 937. The molecule has 0 aromatic heterocycles. The van der Waals surface area contributed by atoms with Crippen LogP contribution in [0.15, 0.2) is 41.0 Å². The highest BCUT2D eigenvalue weighted by molar-refractivity contribution is 5.87. The standard InChI is InChI=1S/C25H32/c1-23(2,3)18-8-9-19-16(12-18)15-25(6,7)22-20-10-11-24(4,5)14-17(20)13-21(19)22/h8-9,12-13,15H,10-11,14H2,1-7H3. The fraction of sp³-hybridized carbons (Fsp3) is 0.520. The Morgan fingerprint density at radius 2 is 1.72 bits per heavy atom. The summed E-state index contributed by atoms with van der Waals surface area (Å²) in [6.07, 6.45) is 8.81. The molecule has 4 rings (SSSR count). The molecule has 0 heterocycles. The highest BCUT2D eigenvalue weighted by Crippen LogP contribution is 2.52. The van der Waals surface area contributed by atoms with E-state index in [2.05, 4.69) is 78.8 Å². The Morgan fingerprint density at radius 3 is 2.40 bits per heavy atom. The summed E-state index contributed by atoms with van der Waals surface area (Å²) in [5, 5.41) is 2.86. The van der Waals surface area contributed by atoms with Gasteiger partial charge in [-0.25, -0.2) is 0 Å². The van der Waals surface area contributed by atoms with Crippen molar-refractivity contribution in [2.45, 2.75) is 73.1 Å². The fourth-order valence-corrected chi connectivity index (χ4v) is 4.97. The number of hydrogen-bond donors (Lipinski definition) is 0. The van der Waals surface area contributed by atoms with Crippen molar-refractivity contribution in [3.8, 4) is 0 Å². The lowest BCUT2D eigenvalue weighted by atomic mass is 9.69. The lowest BCUT2D eigenvalue weighted by molar-refractivity contribution is 0.313. The lowest BCUT2D eigenvalue weighted by Crippen LogP contribution is -2.37. The van der Waals surface area contributed by atoms with Gasteiger partial charge in [-0.05, 0) is 68.4 Å². The third-order valence-electron chi connectivity index (χ3n) is 6.37. The number of allylic oxidation sites excluding steroid dienone is 4. The van der Waals surface area contributed by atoms with E-state index in [0.29, 0.717) is 5.41 Å². The van der Waals surface area contributed by atoms with Crippen molar-refractivity contribution in [3.63, 3.8) is 0 Å². The molecule has 0 heteroatoms. The molecule has 0 nitrogen and oxygen atoms in total. The van der Waals surface area contributed by atoms with Gasteiger partial charge in [0.05, 0.1) is 0 Å². The molecule has 25 heavy (non-hydrogen) atoms. The predicted molar refractivity (Wildman–Crippen MR) is 109 cm³/mol. The van der Waals surface area contributed by atoms with Crippen LogP contribution in [0, 0.1) is 10.8 Å². The Kier molecular flexibility index (Phi) is 3.37. The van der Waals surface area contributed by atoms with Crippen molar-refractivity contribution < 1.29 is 0 Å². The zero-order valence-electron chi connectivity index (χ0n) is 17.0. The molecule has 0 amide bonds. The molecule has 1 aromatic rings. The smallest absolute Gasteiger partial charge is 0.00934 e. The zero-order valence-corrected chi connectivity index (χ0v) is 17.0. The van der Waals surface area contributed by atoms with Crippen LogP contribution in [0.5, 0.6) is 0 Å². The van der Waals surface area contributed by atoms with Gasteiger partial charge in [0.1, 0.15) is 0 Å². The topological polar surface area (TPSA) is 0 Å². The summed E-state index contributed by atoms with van der Waals surface area (Å²) in [6, 6.07) is 7.14. The van der Waals surface area contributed by atoms with Crippen LogP contribution in [0.25, 0.3) is 11.6 Å². The maximum Gasteiger partial charge on any atom is 0.00934 e. The van der Waals surface area contributed by atoms with E-state index in [0.717, 1.165) is 0 Å². The van der Waals surface area contributed by atoms with Gasteiger partial charge in [0, 0.05) is 5.41 Å². The van der Waals surface area contributed by atoms with E-state index in [-0.39, 0.29) is 10.8 Å². The first-order valence-corrected chi connectivity index (χ1v) is 9.81. The van der Waals surface area contributed by atoms with E-state index in [1.807, 2.05) is 0 Å². The number of hydrogen-bond acceptors (Lipinski definition) is 0. The minimum atomic E-state index is 0.119. The molecular formula is C25H32. The molecule has 3 aliphatic rings. The van der Waals surface area contributed by atoms with Crippen molar-refractivity contribution >= 4 is 11.6 Å². The Balaban J connectivity index is 2.00. The summed E-state index contributed by atoms with van der Waals surface area (Å²) < 4.78 is 0. The molecule has 3 aliphatic carbocycles. The second-order valence-electron chi connectivity index (χ2n) is 10.7. The van der Waals surface area contributed by atoms with Crippen LogP contribution in [0.4, 0.5) is 0 Å². The Hall–Kier alpha value is -1.56. The van der Waals surface area contributed by atoms with Gasteiger partial charge < -0.3 is 0 Å². The molecule has 0 radical (unpaired) electrons. The SMILES string of the molecule is CC1(C)CCC2=C3C(=c4ccc(C(C)(C)C)cc4=CC3(C)C)C=C2C1. The molecule has 0 N–H and O–H groups in total. The van der Waals surface area contributed by atoms with E-state index < -0.39 is 0 Å². The van der Waals surface area contributed by atoms with Crippen molar-refractivity contribution in [1.29, 1.82) is 0 Å². The molecule has 0 atom stereocenters. The zero-order chi connectivity index (χ0) is 18.2. The average Bonchev–Trinajstić information content (AvgIpc) is 2.83. The Morgan fingerprint density at radius 1 is 1.00 bits per heavy atom. The van der Waals surface area contributed by atoms with Gasteiger partial charge in [-0.15, -0.1) is 0 Å². The minimum Gasteiger partial charge on any atom is -0.0665 e. The molecule has 0 aliphatic heterocycles. The third kappa shape index (κ3) is 2.65. The van der Waals surface area contributed by atoms with Gasteiger partial charge in [-0.2, -0.15) is 0 Å². The van der Waals surface area contributed by atoms with Crippen LogP contribution < -0.4 is 10.4 Å². The molecular weight excluding hydrogens is 300 g/mol. The summed E-state index contributed by atoms with van der Waals surface area (Å²) in [6.45, 7) is 16.6. The summed E-state index contributed by atoms with van der Waals surface area (Å²) in [5.41, 5.74) is 8.56. The summed E-state index contributed by atoms with van der Waals surface area (Å²) in [7, 11) is 0. The highest BCUT2D eigenvalue weighted by atomic mass is 14.4. The molecule has 1 saturated carbocycles. The summed E-state index contributed by atoms with van der Waals surface area (Å²) in [5.74, 6) is 0. The molecule has 132 valence electrons. The van der Waals surface area contributed by atoms with Gasteiger partial charge in [0.25, 0.3) is 0 Å². The van der Waals surface area contributed by atoms with Gasteiger partial charge in [0.15, 0.2) is 0 Å². The monoisotopic (exact) mass is 332 g/mol. The first-order valence-electron chi connectivity index (χ1n) is 9.81. The molecule has 0 unspecified atom stereocenters. The maximum atomic E-state index is 2.52. The van der Waals surface area contributed by atoms with Crippen LogP contribution >= 0.6 is 0 Å². The van der Waals surface area contributed by atoms with Crippen molar-refractivity contribution in [1.82, 2.24) is 0 Å². The minimum absolute atomic E-state index is 0.119. The molecule has 1 aromatic carbocycles. The lowest BCUT2D eigenvalue weighted by Gasteiger charge is -2.35. The third-order valence-corrected chi connectivity index (χ3v) is 6.37. The van der Waals surface area contributed by atoms with Crippen LogP contribution in [0.1, 0.15) is 73.3 Å². The molecule has 1 fully saturated rings. The van der Waals surface area contributed by atoms with E-state index >= 15 is 0 Å². The number of benzene rings is 1. The summed E-state index contributed by atoms with van der Waals surface area (Å²) >= 11 is 0. The molecule has 0 saturated heterocycles. The molecule has 0 spiro atoms. The molecule has 0 bridgehead atoms. The maximum absolute atomic E-state index is 2.52. The summed E-state index contributed by atoms with van der Waals surface area (Å²) in [4.78, 5) is 0. The van der Waals surface area contributed by atoms with E-state index in [4.69, 9.17) is 0 Å². The second-order valence-corrected chi connectivity index (χ2v) is 10.7. The van der Waals surface area contributed by atoms with Crippen LogP contribution in [0.2, 0.25) is 0 Å². The first kappa shape index (κ1) is 16.9. The highest BCUT2D eigenvalue weighted by Gasteiger charge is 2.38. The van der Waals surface area contributed by atoms with Crippen LogP contribution in [-0.4, -0.2) is 0 Å². The average molecular weight is 333 g/mol. The second kappa shape index (κ2) is 5.00. The van der Waals surface area contributed by atoms with Crippen LogP contribution in [-0.2, 0) is 5.41 Å². The van der Waals surface area contributed by atoms with Crippen molar-refractivity contribution in [2.75, 3.05) is 0 Å². The van der Waals surface area contributed by atoms with Crippen LogP contribution in [0.3, 0.4) is 0 Å². The Labute approximate surface area is 153 Å². The van der Waals surface area contributed by atoms with E-state index in [1.54, 1.807) is 16.7 Å². The van der Waals surface area contributed by atoms with Crippen molar-refractivity contribution in [2.24, 2.45) is 10.8 Å². The quantitative estimate of drug-likeness (QED) is 0.596. The van der Waals surface area contributed by atoms with E-state index in [9.17, 15) is 0 Å². The van der Waals surface area contributed by atoms with Crippen molar-refractivity contribution in [3.05, 3.63) is 57.0 Å².